The molecule has 2 saturated heterocycles. The van der Waals surface area contributed by atoms with E-state index >= 15 is 0 Å². The van der Waals surface area contributed by atoms with E-state index < -0.39 is 11.5 Å². The lowest BCUT2D eigenvalue weighted by Gasteiger charge is -2.41. The summed E-state index contributed by atoms with van der Waals surface area (Å²) in [7, 11) is 3.38. The van der Waals surface area contributed by atoms with Gasteiger partial charge in [-0.1, -0.05) is 17.7 Å². The SMILES string of the molecule is CON1CCC2(CC1)C(=O)C(c1c(C)ccc(Cl)c1C)C(=O)N2C. The van der Waals surface area contributed by atoms with Crippen LogP contribution in [0.3, 0.4) is 0 Å². The lowest BCUT2D eigenvalue weighted by Crippen LogP contribution is -2.54. The first kappa shape index (κ1) is 17.4. The number of benzene rings is 1. The Kier molecular flexibility index (Phi) is 4.45. The summed E-state index contributed by atoms with van der Waals surface area (Å²) in [6.45, 7) is 5.08. The van der Waals surface area contributed by atoms with Gasteiger partial charge in [-0.3, -0.25) is 9.59 Å². The third-order valence-corrected chi connectivity index (χ3v) is 6.11. The van der Waals surface area contributed by atoms with E-state index in [2.05, 4.69) is 0 Å². The lowest BCUT2D eigenvalue weighted by molar-refractivity contribution is -0.165. The number of amides is 1. The Morgan fingerprint density at radius 3 is 2.42 bits per heavy atom. The Hall–Kier alpha value is -1.43. The number of piperidine rings is 1. The Labute approximate surface area is 147 Å². The number of halogens is 1. The predicted octanol–water partition coefficient (Wildman–Crippen LogP) is 2.48. The maximum Gasteiger partial charge on any atom is 0.238 e. The van der Waals surface area contributed by atoms with Crippen LogP contribution >= 0.6 is 11.6 Å². The number of Topliss-reactive ketones (excluding diaryl/α,β-unsaturated/α-hetero) is 1. The lowest BCUT2D eigenvalue weighted by atomic mass is 9.79. The van der Waals surface area contributed by atoms with E-state index in [1.165, 1.54) is 0 Å². The van der Waals surface area contributed by atoms with Gasteiger partial charge in [0.15, 0.2) is 5.78 Å². The Morgan fingerprint density at radius 1 is 1.21 bits per heavy atom. The van der Waals surface area contributed by atoms with Crippen LogP contribution in [0, 0.1) is 13.8 Å². The molecule has 0 N–H and O–H groups in total. The maximum absolute atomic E-state index is 13.3. The van der Waals surface area contributed by atoms with Crippen LogP contribution in [0.2, 0.25) is 5.02 Å². The van der Waals surface area contributed by atoms with Gasteiger partial charge in [-0.15, -0.1) is 0 Å². The number of hydroxylamine groups is 2. The Balaban J connectivity index is 2.02. The zero-order chi connectivity index (χ0) is 17.6. The van der Waals surface area contributed by atoms with Gasteiger partial charge in [-0.25, -0.2) is 0 Å². The van der Waals surface area contributed by atoms with Crippen LogP contribution < -0.4 is 0 Å². The van der Waals surface area contributed by atoms with Crippen molar-refractivity contribution in [3.8, 4) is 0 Å². The van der Waals surface area contributed by atoms with Gasteiger partial charge in [0, 0.05) is 25.2 Å². The van der Waals surface area contributed by atoms with Crippen molar-refractivity contribution < 1.29 is 14.4 Å². The molecule has 0 aliphatic carbocycles. The highest BCUT2D eigenvalue weighted by Gasteiger charge is 2.58. The minimum Gasteiger partial charge on any atom is -0.332 e. The minimum atomic E-state index is -0.747. The summed E-state index contributed by atoms with van der Waals surface area (Å²) >= 11 is 6.25. The largest absolute Gasteiger partial charge is 0.332 e. The average molecular weight is 351 g/mol. The molecular weight excluding hydrogens is 328 g/mol. The third kappa shape index (κ3) is 2.38. The van der Waals surface area contributed by atoms with Crippen molar-refractivity contribution in [2.24, 2.45) is 0 Å². The van der Waals surface area contributed by atoms with Crippen molar-refractivity contribution in [1.29, 1.82) is 0 Å². The van der Waals surface area contributed by atoms with E-state index in [-0.39, 0.29) is 11.7 Å². The van der Waals surface area contributed by atoms with Crippen LogP contribution in [-0.2, 0) is 14.4 Å². The fourth-order valence-corrected chi connectivity index (χ4v) is 4.27. The van der Waals surface area contributed by atoms with Gasteiger partial charge in [0.2, 0.25) is 5.91 Å². The first-order chi connectivity index (χ1) is 11.3. The van der Waals surface area contributed by atoms with Crippen molar-refractivity contribution in [3.05, 3.63) is 33.8 Å². The molecule has 0 aromatic heterocycles. The molecular formula is C18H23ClN2O3. The van der Waals surface area contributed by atoms with Gasteiger partial charge in [0.1, 0.15) is 11.5 Å². The fraction of sp³-hybridized carbons (Fsp3) is 0.556. The van der Waals surface area contributed by atoms with E-state index in [9.17, 15) is 9.59 Å². The first-order valence-electron chi connectivity index (χ1n) is 8.20. The summed E-state index contributed by atoms with van der Waals surface area (Å²) in [6, 6.07) is 3.69. The molecule has 5 nitrogen and oxygen atoms in total. The maximum atomic E-state index is 13.3. The molecule has 2 aliphatic rings. The van der Waals surface area contributed by atoms with E-state index in [1.54, 1.807) is 19.1 Å². The third-order valence-electron chi connectivity index (χ3n) is 5.70. The molecule has 0 radical (unpaired) electrons. The van der Waals surface area contributed by atoms with Crippen molar-refractivity contribution in [1.82, 2.24) is 9.96 Å². The van der Waals surface area contributed by atoms with Gasteiger partial charge in [-0.2, -0.15) is 5.06 Å². The van der Waals surface area contributed by atoms with Crippen molar-refractivity contribution in [3.63, 3.8) is 0 Å². The molecule has 1 atom stereocenters. The van der Waals surface area contributed by atoms with Crippen LogP contribution in [0.1, 0.15) is 35.4 Å². The summed E-state index contributed by atoms with van der Waals surface area (Å²) in [5.74, 6) is -0.874. The highest BCUT2D eigenvalue weighted by molar-refractivity contribution is 6.31. The topological polar surface area (TPSA) is 49.9 Å². The van der Waals surface area contributed by atoms with Crippen molar-refractivity contribution in [2.75, 3.05) is 27.2 Å². The second kappa shape index (κ2) is 6.14. The molecule has 3 rings (SSSR count). The van der Waals surface area contributed by atoms with Crippen molar-refractivity contribution in [2.45, 2.75) is 38.1 Å². The van der Waals surface area contributed by atoms with Gasteiger partial charge in [-0.05, 0) is 49.4 Å². The molecule has 1 aromatic rings. The van der Waals surface area contributed by atoms with Crippen molar-refractivity contribution >= 4 is 23.3 Å². The number of hydrogen-bond donors (Lipinski definition) is 0. The summed E-state index contributed by atoms with van der Waals surface area (Å²) in [4.78, 5) is 33.2. The number of hydrogen-bond acceptors (Lipinski definition) is 4. The number of carbonyl (C=O) groups excluding carboxylic acids is 2. The zero-order valence-electron chi connectivity index (χ0n) is 14.6. The first-order valence-corrected chi connectivity index (χ1v) is 8.58. The molecule has 1 unspecified atom stereocenters. The van der Waals surface area contributed by atoms with Gasteiger partial charge in [0.25, 0.3) is 0 Å². The smallest absolute Gasteiger partial charge is 0.238 e. The number of nitrogens with zero attached hydrogens (tertiary/aromatic N) is 2. The molecule has 24 heavy (non-hydrogen) atoms. The van der Waals surface area contributed by atoms with E-state index in [1.807, 2.05) is 31.0 Å². The zero-order valence-corrected chi connectivity index (χ0v) is 15.3. The van der Waals surface area contributed by atoms with Crippen LogP contribution in [0.5, 0.6) is 0 Å². The Morgan fingerprint density at radius 2 is 1.83 bits per heavy atom. The molecule has 2 fully saturated rings. The quantitative estimate of drug-likeness (QED) is 0.769. The molecule has 130 valence electrons. The number of ketones is 1. The molecule has 2 heterocycles. The number of rotatable bonds is 2. The number of carbonyl (C=O) groups is 2. The van der Waals surface area contributed by atoms with Crippen LogP contribution in [-0.4, -0.2) is 54.4 Å². The molecule has 2 aliphatic heterocycles. The predicted molar refractivity (Wildman–Crippen MR) is 92.0 cm³/mol. The van der Waals surface area contributed by atoms with Gasteiger partial charge >= 0.3 is 0 Å². The number of likely N-dealkylation sites (N-methyl/N-ethyl adjacent to an activating group) is 1. The summed E-state index contributed by atoms with van der Waals surface area (Å²) < 4.78 is 0. The summed E-state index contributed by atoms with van der Waals surface area (Å²) in [5.41, 5.74) is 1.81. The van der Waals surface area contributed by atoms with Gasteiger partial charge < -0.3 is 9.74 Å². The molecule has 6 heteroatoms. The van der Waals surface area contributed by atoms with E-state index in [4.69, 9.17) is 16.4 Å². The molecule has 1 aromatic carbocycles. The van der Waals surface area contributed by atoms with E-state index in [0.29, 0.717) is 31.0 Å². The molecule has 0 bridgehead atoms. The molecule has 0 saturated carbocycles. The van der Waals surface area contributed by atoms with E-state index in [0.717, 1.165) is 16.7 Å². The van der Waals surface area contributed by atoms with Gasteiger partial charge in [0.05, 0.1) is 7.11 Å². The molecule has 1 spiro atoms. The molecule has 1 amide bonds. The number of aryl methyl sites for hydroxylation is 1. The highest BCUT2D eigenvalue weighted by atomic mass is 35.5. The second-order valence-electron chi connectivity index (χ2n) is 6.74. The summed E-state index contributed by atoms with van der Waals surface area (Å²) in [6.07, 6.45) is 1.19. The Bertz CT molecular complexity index is 696. The van der Waals surface area contributed by atoms with Crippen LogP contribution in [0.15, 0.2) is 12.1 Å². The second-order valence-corrected chi connectivity index (χ2v) is 7.15. The van der Waals surface area contributed by atoms with Crippen LogP contribution in [0.4, 0.5) is 0 Å². The highest BCUT2D eigenvalue weighted by Crippen LogP contribution is 2.44. The summed E-state index contributed by atoms with van der Waals surface area (Å²) in [5, 5.41) is 2.43. The minimum absolute atomic E-state index is 0.000722. The fourth-order valence-electron chi connectivity index (χ4n) is 4.11. The normalized spacial score (nSPS) is 24.2. The average Bonchev–Trinajstić information content (AvgIpc) is 2.75. The number of likely N-dealkylation sites (tertiary alicyclic amines) is 1. The van der Waals surface area contributed by atoms with Crippen LogP contribution in [0.25, 0.3) is 0 Å². The standard InChI is InChI=1S/C18H23ClN2O3/c1-11-5-6-13(19)12(2)14(11)15-16(22)18(20(3)17(15)23)7-9-21(24-4)10-8-18/h5-6,15H,7-10H2,1-4H3. The monoisotopic (exact) mass is 350 g/mol.